The van der Waals surface area contributed by atoms with Gasteiger partial charge in [-0.15, -0.1) is 0 Å². The van der Waals surface area contributed by atoms with E-state index < -0.39 is 0 Å². The third-order valence-corrected chi connectivity index (χ3v) is 3.85. The molecule has 0 aliphatic carbocycles. The second-order valence-corrected chi connectivity index (χ2v) is 5.80. The predicted molar refractivity (Wildman–Crippen MR) is 104 cm³/mol. The molecule has 0 aliphatic rings. The minimum Gasteiger partial charge on any atom is -0.490 e. The van der Waals surface area contributed by atoms with E-state index in [2.05, 4.69) is 0 Å². The Balaban J connectivity index is 2.45. The van der Waals surface area contributed by atoms with Crippen LogP contribution in [0, 0.1) is 6.92 Å². The molecule has 140 valence electrons. The minimum absolute atomic E-state index is 0.138. The number of aryl methyl sites for hydroxylation is 1. The van der Waals surface area contributed by atoms with Crippen LogP contribution in [0.1, 0.15) is 36.7 Å². The highest BCUT2D eigenvalue weighted by Gasteiger charge is 2.21. The van der Waals surface area contributed by atoms with Crippen molar-refractivity contribution in [2.75, 3.05) is 31.8 Å². The van der Waals surface area contributed by atoms with Crippen molar-refractivity contribution in [3.63, 3.8) is 0 Å². The molecule has 0 bridgehead atoms. The highest BCUT2D eigenvalue weighted by molar-refractivity contribution is 6.06. The van der Waals surface area contributed by atoms with E-state index in [1.165, 1.54) is 0 Å². The maximum absolute atomic E-state index is 13.0. The van der Waals surface area contributed by atoms with E-state index in [9.17, 15) is 4.79 Å². The van der Waals surface area contributed by atoms with Gasteiger partial charge in [-0.1, -0.05) is 12.1 Å². The molecule has 0 saturated carbocycles. The van der Waals surface area contributed by atoms with Crippen molar-refractivity contribution in [3.8, 4) is 17.2 Å². The van der Waals surface area contributed by atoms with Gasteiger partial charge >= 0.3 is 0 Å². The lowest BCUT2D eigenvalue weighted by Crippen LogP contribution is -2.26. The molecule has 2 aromatic rings. The van der Waals surface area contributed by atoms with E-state index in [1.807, 2.05) is 52.0 Å². The fourth-order valence-corrected chi connectivity index (χ4v) is 2.66. The van der Waals surface area contributed by atoms with Crippen LogP contribution in [-0.2, 0) is 0 Å². The van der Waals surface area contributed by atoms with Gasteiger partial charge in [-0.3, -0.25) is 4.79 Å². The summed E-state index contributed by atoms with van der Waals surface area (Å²) in [5.74, 6) is 1.43. The molecule has 0 aliphatic heterocycles. The van der Waals surface area contributed by atoms with Crippen LogP contribution in [0.3, 0.4) is 0 Å². The number of hydrogen-bond donors (Lipinski definition) is 0. The number of anilines is 1. The average Bonchev–Trinajstić information content (AvgIpc) is 2.63. The first-order chi connectivity index (χ1) is 12.5. The lowest BCUT2D eigenvalue weighted by molar-refractivity contribution is 0.0992. The molecule has 0 N–H and O–H groups in total. The summed E-state index contributed by atoms with van der Waals surface area (Å²) < 4.78 is 17.1. The van der Waals surface area contributed by atoms with Crippen LogP contribution in [0.25, 0.3) is 0 Å². The van der Waals surface area contributed by atoms with Gasteiger partial charge in [0.2, 0.25) is 5.75 Å². The Morgan fingerprint density at radius 1 is 0.923 bits per heavy atom. The van der Waals surface area contributed by atoms with Crippen LogP contribution in [0.5, 0.6) is 17.2 Å². The van der Waals surface area contributed by atoms with Crippen molar-refractivity contribution >= 4 is 11.6 Å². The Morgan fingerprint density at radius 2 is 1.50 bits per heavy atom. The summed E-state index contributed by atoms with van der Waals surface area (Å²) in [7, 11) is 1.76. The highest BCUT2D eigenvalue weighted by atomic mass is 16.5. The van der Waals surface area contributed by atoms with E-state index in [0.717, 1.165) is 11.3 Å². The van der Waals surface area contributed by atoms with Gasteiger partial charge in [0.1, 0.15) is 0 Å². The third kappa shape index (κ3) is 4.48. The average molecular weight is 357 g/mol. The number of hydrogen-bond acceptors (Lipinski definition) is 4. The summed E-state index contributed by atoms with van der Waals surface area (Å²) in [5, 5.41) is 0. The SMILES string of the molecule is CCOc1cc(C(=O)N(C)c2cccc(C)c2)cc(OCC)c1OCC. The van der Waals surface area contributed by atoms with E-state index in [4.69, 9.17) is 14.2 Å². The number of ether oxygens (including phenoxy) is 3. The molecule has 0 spiro atoms. The molecule has 0 radical (unpaired) electrons. The smallest absolute Gasteiger partial charge is 0.258 e. The van der Waals surface area contributed by atoms with Gasteiger partial charge < -0.3 is 19.1 Å². The number of nitrogens with zero attached hydrogens (tertiary/aromatic N) is 1. The molecular formula is C21H27NO4. The topological polar surface area (TPSA) is 48.0 Å². The molecule has 0 unspecified atom stereocenters. The fraction of sp³-hybridized carbons (Fsp3) is 0.381. The van der Waals surface area contributed by atoms with Gasteiger partial charge in [0.25, 0.3) is 5.91 Å². The first-order valence-electron chi connectivity index (χ1n) is 8.92. The maximum atomic E-state index is 13.0. The van der Waals surface area contributed by atoms with Crippen molar-refractivity contribution in [1.29, 1.82) is 0 Å². The Bertz CT molecular complexity index is 730. The molecule has 1 amide bonds. The Hall–Kier alpha value is -2.69. The van der Waals surface area contributed by atoms with E-state index >= 15 is 0 Å². The summed E-state index contributed by atoms with van der Waals surface area (Å²) >= 11 is 0. The predicted octanol–water partition coefficient (Wildman–Crippen LogP) is 4.47. The standard InChI is InChI=1S/C21H27NO4/c1-6-24-18-13-16(14-19(25-7-2)20(18)26-8-3)21(23)22(5)17-11-9-10-15(4)12-17/h9-14H,6-8H2,1-5H3. The largest absolute Gasteiger partial charge is 0.490 e. The van der Waals surface area contributed by atoms with Crippen LogP contribution in [0.2, 0.25) is 0 Å². The lowest BCUT2D eigenvalue weighted by atomic mass is 10.1. The van der Waals surface area contributed by atoms with Crippen molar-refractivity contribution in [3.05, 3.63) is 47.5 Å². The van der Waals surface area contributed by atoms with Crippen LogP contribution in [-0.4, -0.2) is 32.8 Å². The first kappa shape index (κ1) is 19.6. The van der Waals surface area contributed by atoms with Gasteiger partial charge in [-0.2, -0.15) is 0 Å². The zero-order valence-corrected chi connectivity index (χ0v) is 16.2. The van der Waals surface area contributed by atoms with Gasteiger partial charge in [-0.05, 0) is 57.5 Å². The van der Waals surface area contributed by atoms with Crippen molar-refractivity contribution in [2.24, 2.45) is 0 Å². The van der Waals surface area contributed by atoms with Crippen LogP contribution in [0.15, 0.2) is 36.4 Å². The molecule has 0 atom stereocenters. The van der Waals surface area contributed by atoms with E-state index in [1.54, 1.807) is 24.1 Å². The Labute approximate surface area is 155 Å². The second kappa shape index (κ2) is 9.13. The summed E-state index contributed by atoms with van der Waals surface area (Å²) in [6, 6.07) is 11.2. The van der Waals surface area contributed by atoms with Gasteiger partial charge in [0.15, 0.2) is 11.5 Å². The Morgan fingerprint density at radius 3 is 2.00 bits per heavy atom. The molecule has 5 nitrogen and oxygen atoms in total. The van der Waals surface area contributed by atoms with E-state index in [-0.39, 0.29) is 5.91 Å². The molecule has 26 heavy (non-hydrogen) atoms. The summed E-state index contributed by atoms with van der Waals surface area (Å²) in [6.07, 6.45) is 0. The second-order valence-electron chi connectivity index (χ2n) is 5.80. The summed E-state index contributed by atoms with van der Waals surface area (Å²) in [4.78, 5) is 14.6. The van der Waals surface area contributed by atoms with Crippen molar-refractivity contribution in [2.45, 2.75) is 27.7 Å². The minimum atomic E-state index is -0.138. The number of carbonyl (C=O) groups excluding carboxylic acids is 1. The third-order valence-electron chi connectivity index (χ3n) is 3.85. The summed E-state index contributed by atoms with van der Waals surface area (Å²) in [6.45, 7) is 9.10. The van der Waals surface area contributed by atoms with Gasteiger partial charge in [0.05, 0.1) is 19.8 Å². The van der Waals surface area contributed by atoms with E-state index in [0.29, 0.717) is 42.6 Å². The van der Waals surface area contributed by atoms with Crippen molar-refractivity contribution in [1.82, 2.24) is 0 Å². The Kier molecular flexibility index (Phi) is 6.89. The maximum Gasteiger partial charge on any atom is 0.258 e. The molecular weight excluding hydrogens is 330 g/mol. The number of amides is 1. The number of carbonyl (C=O) groups is 1. The van der Waals surface area contributed by atoms with Gasteiger partial charge in [-0.25, -0.2) is 0 Å². The van der Waals surface area contributed by atoms with Crippen LogP contribution < -0.4 is 19.1 Å². The molecule has 0 heterocycles. The molecule has 2 aromatic carbocycles. The first-order valence-corrected chi connectivity index (χ1v) is 8.92. The number of benzene rings is 2. The quantitative estimate of drug-likeness (QED) is 0.699. The highest BCUT2D eigenvalue weighted by Crippen LogP contribution is 2.39. The fourth-order valence-electron chi connectivity index (χ4n) is 2.66. The molecule has 5 heteroatoms. The van der Waals surface area contributed by atoms with Gasteiger partial charge in [0, 0.05) is 18.3 Å². The van der Waals surface area contributed by atoms with Crippen LogP contribution in [0.4, 0.5) is 5.69 Å². The molecule has 2 rings (SSSR count). The van der Waals surface area contributed by atoms with Crippen LogP contribution >= 0.6 is 0 Å². The zero-order chi connectivity index (χ0) is 19.1. The summed E-state index contributed by atoms with van der Waals surface area (Å²) in [5.41, 5.74) is 2.42. The molecule has 0 saturated heterocycles. The molecule has 0 fully saturated rings. The normalized spacial score (nSPS) is 10.3. The molecule has 0 aromatic heterocycles. The van der Waals surface area contributed by atoms with Crippen molar-refractivity contribution < 1.29 is 19.0 Å². The lowest BCUT2D eigenvalue weighted by Gasteiger charge is -2.21. The zero-order valence-electron chi connectivity index (χ0n) is 16.2. The monoisotopic (exact) mass is 357 g/mol. The number of rotatable bonds is 8.